The number of aliphatic hydroxyl groups is 1. The summed E-state index contributed by atoms with van der Waals surface area (Å²) in [6, 6.07) is 0. The van der Waals surface area contributed by atoms with E-state index in [1.54, 1.807) is 13.8 Å². The van der Waals surface area contributed by atoms with Crippen LogP contribution in [-0.4, -0.2) is 17.3 Å². The predicted molar refractivity (Wildman–Crippen MR) is 61.9 cm³/mol. The van der Waals surface area contributed by atoms with E-state index in [9.17, 15) is 5.11 Å². The fraction of sp³-hybridized carbons (Fsp3) is 0.692. The zero-order chi connectivity index (χ0) is 11.9. The van der Waals surface area contributed by atoms with Crippen LogP contribution in [0.25, 0.3) is 0 Å². The molecule has 0 fully saturated rings. The van der Waals surface area contributed by atoms with E-state index < -0.39 is 5.60 Å². The van der Waals surface area contributed by atoms with Gasteiger partial charge in [0.15, 0.2) is 6.61 Å². The van der Waals surface area contributed by atoms with Gasteiger partial charge in [0.05, 0.1) is 0 Å². The van der Waals surface area contributed by atoms with Gasteiger partial charge in [-0.25, -0.2) is 0 Å². The molecule has 0 atom stereocenters. The Labute approximate surface area is 93.0 Å². The summed E-state index contributed by atoms with van der Waals surface area (Å²) in [5.41, 5.74) is -0.969. The standard InChI is InChI=1S/C13H20O2/c1-6-12(2,3)9-11-15-10-7-8-13(4,5)14/h14H,6,10H2,1-5H3. The third-order valence-electron chi connectivity index (χ3n) is 1.88. The highest BCUT2D eigenvalue weighted by Gasteiger charge is 2.09. The molecule has 2 nitrogen and oxygen atoms in total. The van der Waals surface area contributed by atoms with Crippen molar-refractivity contribution in [2.24, 2.45) is 5.41 Å². The van der Waals surface area contributed by atoms with Crippen LogP contribution in [0.2, 0.25) is 0 Å². The third-order valence-corrected chi connectivity index (χ3v) is 1.88. The third kappa shape index (κ3) is 9.19. The molecular weight excluding hydrogens is 188 g/mol. The van der Waals surface area contributed by atoms with Crippen molar-refractivity contribution in [2.45, 2.75) is 46.6 Å². The highest BCUT2D eigenvalue weighted by atomic mass is 16.5. The first-order valence-corrected chi connectivity index (χ1v) is 5.13. The van der Waals surface area contributed by atoms with E-state index in [0.717, 1.165) is 6.42 Å². The number of rotatable bonds is 2. The lowest BCUT2D eigenvalue weighted by atomic mass is 9.92. The summed E-state index contributed by atoms with van der Waals surface area (Å²) in [4.78, 5) is 0. The van der Waals surface area contributed by atoms with Gasteiger partial charge in [-0.05, 0) is 34.1 Å². The van der Waals surface area contributed by atoms with Crippen molar-refractivity contribution < 1.29 is 9.84 Å². The quantitative estimate of drug-likeness (QED) is 0.556. The van der Waals surface area contributed by atoms with Gasteiger partial charge in [-0.3, -0.25) is 0 Å². The fourth-order valence-electron chi connectivity index (χ4n) is 0.587. The lowest BCUT2D eigenvalue weighted by Gasteiger charge is -2.12. The zero-order valence-corrected chi connectivity index (χ0v) is 10.3. The molecule has 84 valence electrons. The molecule has 0 saturated carbocycles. The van der Waals surface area contributed by atoms with Gasteiger partial charge in [-0.15, -0.1) is 0 Å². The minimum Gasteiger partial charge on any atom is -0.433 e. The van der Waals surface area contributed by atoms with Crippen molar-refractivity contribution in [1.82, 2.24) is 0 Å². The molecular formula is C13H20O2. The topological polar surface area (TPSA) is 29.5 Å². The Hall–Kier alpha value is -1.12. The average Bonchev–Trinajstić information content (AvgIpc) is 2.09. The Morgan fingerprint density at radius 1 is 1.13 bits per heavy atom. The molecule has 0 rings (SSSR count). The molecule has 1 N–H and O–H groups in total. The van der Waals surface area contributed by atoms with E-state index in [4.69, 9.17) is 4.74 Å². The van der Waals surface area contributed by atoms with E-state index in [-0.39, 0.29) is 12.0 Å². The van der Waals surface area contributed by atoms with E-state index >= 15 is 0 Å². The molecule has 0 amide bonds. The van der Waals surface area contributed by atoms with Crippen molar-refractivity contribution in [2.75, 3.05) is 6.61 Å². The maximum Gasteiger partial charge on any atom is 0.160 e. The molecule has 0 aromatic carbocycles. The van der Waals surface area contributed by atoms with Crippen LogP contribution in [0.5, 0.6) is 0 Å². The Bertz CT molecular complexity index is 299. The van der Waals surface area contributed by atoms with Crippen LogP contribution in [0.15, 0.2) is 0 Å². The number of ether oxygens (including phenoxy) is 1. The lowest BCUT2D eigenvalue weighted by molar-refractivity contribution is 0.143. The van der Waals surface area contributed by atoms with Crippen LogP contribution in [0.1, 0.15) is 41.0 Å². The molecule has 0 radical (unpaired) electrons. The summed E-state index contributed by atoms with van der Waals surface area (Å²) in [5.74, 6) is 8.35. The van der Waals surface area contributed by atoms with Gasteiger partial charge < -0.3 is 9.84 Å². The number of hydrogen-bond acceptors (Lipinski definition) is 2. The van der Waals surface area contributed by atoms with Gasteiger partial charge in [-0.1, -0.05) is 24.7 Å². The first kappa shape index (κ1) is 13.9. The summed E-state index contributed by atoms with van der Waals surface area (Å²) in [6.07, 6.45) is 3.61. The maximum atomic E-state index is 9.28. The molecule has 0 aliphatic carbocycles. The van der Waals surface area contributed by atoms with Gasteiger partial charge in [-0.2, -0.15) is 0 Å². The van der Waals surface area contributed by atoms with Crippen LogP contribution in [0.4, 0.5) is 0 Å². The van der Waals surface area contributed by atoms with Crippen LogP contribution in [-0.2, 0) is 4.74 Å². The lowest BCUT2D eigenvalue weighted by Crippen LogP contribution is -2.14. The van der Waals surface area contributed by atoms with Crippen molar-refractivity contribution in [1.29, 1.82) is 0 Å². The van der Waals surface area contributed by atoms with Gasteiger partial charge in [0.25, 0.3) is 0 Å². The molecule has 0 aliphatic rings. The summed E-state index contributed by atoms with van der Waals surface area (Å²) >= 11 is 0. The number of hydrogen-bond donors (Lipinski definition) is 1. The SMILES string of the molecule is CCC(C)(C)C#COCC#CC(C)(C)O. The molecule has 2 heteroatoms. The first-order chi connectivity index (χ1) is 6.77. The monoisotopic (exact) mass is 208 g/mol. The Morgan fingerprint density at radius 3 is 2.20 bits per heavy atom. The van der Waals surface area contributed by atoms with Crippen LogP contribution in [0, 0.1) is 29.3 Å². The summed E-state index contributed by atoms with van der Waals surface area (Å²) in [5, 5.41) is 9.28. The molecule has 0 unspecified atom stereocenters. The second kappa shape index (κ2) is 5.69. The van der Waals surface area contributed by atoms with Gasteiger partial charge in [0, 0.05) is 5.41 Å². The molecule has 0 heterocycles. The van der Waals surface area contributed by atoms with Crippen molar-refractivity contribution >= 4 is 0 Å². The van der Waals surface area contributed by atoms with E-state index in [1.165, 1.54) is 0 Å². The minimum absolute atomic E-state index is 0.0102. The van der Waals surface area contributed by atoms with Gasteiger partial charge in [0.2, 0.25) is 0 Å². The van der Waals surface area contributed by atoms with Crippen LogP contribution < -0.4 is 0 Å². The van der Waals surface area contributed by atoms with E-state index in [0.29, 0.717) is 0 Å². The minimum atomic E-state index is -0.959. The molecule has 15 heavy (non-hydrogen) atoms. The van der Waals surface area contributed by atoms with E-state index in [1.807, 2.05) is 0 Å². The normalized spacial score (nSPS) is 10.8. The molecule has 0 aliphatic heterocycles. The van der Waals surface area contributed by atoms with E-state index in [2.05, 4.69) is 44.6 Å². The Morgan fingerprint density at radius 2 is 1.73 bits per heavy atom. The molecule has 0 bridgehead atoms. The Kier molecular flexibility index (Phi) is 5.26. The van der Waals surface area contributed by atoms with Gasteiger partial charge >= 0.3 is 0 Å². The average molecular weight is 208 g/mol. The largest absolute Gasteiger partial charge is 0.433 e. The summed E-state index contributed by atoms with van der Waals surface area (Å²) < 4.78 is 5.02. The fourth-order valence-corrected chi connectivity index (χ4v) is 0.587. The molecule has 0 aromatic heterocycles. The maximum absolute atomic E-state index is 9.28. The highest BCUT2D eigenvalue weighted by Crippen LogP contribution is 2.17. The van der Waals surface area contributed by atoms with Crippen LogP contribution >= 0.6 is 0 Å². The second-order valence-electron chi connectivity index (χ2n) is 4.61. The summed E-state index contributed by atoms with van der Waals surface area (Å²) in [6.45, 7) is 9.70. The van der Waals surface area contributed by atoms with Crippen molar-refractivity contribution in [3.63, 3.8) is 0 Å². The molecule has 0 saturated heterocycles. The smallest absolute Gasteiger partial charge is 0.160 e. The second-order valence-corrected chi connectivity index (χ2v) is 4.61. The van der Waals surface area contributed by atoms with Gasteiger partial charge in [0.1, 0.15) is 11.7 Å². The zero-order valence-electron chi connectivity index (χ0n) is 10.3. The molecule has 0 aromatic rings. The highest BCUT2D eigenvalue weighted by molar-refractivity contribution is 5.11. The first-order valence-electron chi connectivity index (χ1n) is 5.13. The van der Waals surface area contributed by atoms with Crippen molar-refractivity contribution in [3.05, 3.63) is 0 Å². The van der Waals surface area contributed by atoms with Crippen LogP contribution in [0.3, 0.4) is 0 Å². The summed E-state index contributed by atoms with van der Waals surface area (Å²) in [7, 11) is 0. The Balaban J connectivity index is 3.94. The predicted octanol–water partition coefficient (Wildman–Crippen LogP) is 2.17. The van der Waals surface area contributed by atoms with Crippen molar-refractivity contribution in [3.8, 4) is 23.9 Å². The molecule has 0 spiro atoms.